The van der Waals surface area contributed by atoms with Crippen LogP contribution in [0.5, 0.6) is 0 Å². The van der Waals surface area contributed by atoms with E-state index in [1.165, 1.54) is 0 Å². The summed E-state index contributed by atoms with van der Waals surface area (Å²) in [5, 5.41) is 9.46. The Hall–Kier alpha value is -0.290. The lowest BCUT2D eigenvalue weighted by Crippen LogP contribution is -2.52. The zero-order chi connectivity index (χ0) is 9.85. The molecule has 2 rings (SSSR count). The number of alkyl halides is 3. The van der Waals surface area contributed by atoms with E-state index in [9.17, 15) is 18.3 Å². The molecule has 76 valence electrons. The van der Waals surface area contributed by atoms with E-state index in [4.69, 9.17) is 5.73 Å². The number of fused-ring (bicyclic) bond motifs is 2. The van der Waals surface area contributed by atoms with E-state index in [0.29, 0.717) is 12.8 Å². The van der Waals surface area contributed by atoms with Crippen molar-refractivity contribution in [2.24, 2.45) is 17.6 Å². The molecule has 2 nitrogen and oxygen atoms in total. The quantitative estimate of drug-likeness (QED) is 0.606. The van der Waals surface area contributed by atoms with Crippen LogP contribution in [0.15, 0.2) is 0 Å². The molecule has 13 heavy (non-hydrogen) atoms. The van der Waals surface area contributed by atoms with Crippen molar-refractivity contribution in [3.63, 3.8) is 0 Å². The van der Waals surface area contributed by atoms with Crippen molar-refractivity contribution in [1.29, 1.82) is 0 Å². The number of hydrogen-bond acceptors (Lipinski definition) is 2. The fraction of sp³-hybridized carbons (Fsp3) is 1.00. The molecule has 0 aromatic carbocycles. The van der Waals surface area contributed by atoms with Crippen molar-refractivity contribution in [2.75, 3.05) is 0 Å². The van der Waals surface area contributed by atoms with Crippen molar-refractivity contribution in [3.05, 3.63) is 0 Å². The van der Waals surface area contributed by atoms with Gasteiger partial charge in [0.05, 0.1) is 0 Å². The summed E-state index contributed by atoms with van der Waals surface area (Å²) >= 11 is 0. The highest BCUT2D eigenvalue weighted by Crippen LogP contribution is 2.56. The van der Waals surface area contributed by atoms with Gasteiger partial charge in [0.2, 0.25) is 0 Å². The van der Waals surface area contributed by atoms with Gasteiger partial charge in [-0.25, -0.2) is 0 Å². The van der Waals surface area contributed by atoms with E-state index >= 15 is 0 Å². The first kappa shape index (κ1) is 9.27. The summed E-state index contributed by atoms with van der Waals surface area (Å²) in [6.45, 7) is 0. The van der Waals surface area contributed by atoms with Crippen LogP contribution in [0.25, 0.3) is 0 Å². The smallest absolute Gasteiger partial charge is 0.380 e. The molecular weight excluding hydrogens is 183 g/mol. The molecule has 0 amide bonds. The molecule has 0 aromatic heterocycles. The summed E-state index contributed by atoms with van der Waals surface area (Å²) in [6.07, 6.45) is -3.97. The maximum absolute atomic E-state index is 12.4. The third-order valence-corrected chi connectivity index (χ3v) is 3.49. The minimum absolute atomic E-state index is 0.142. The highest BCUT2D eigenvalue weighted by molar-refractivity contribution is 5.09. The van der Waals surface area contributed by atoms with Crippen LogP contribution >= 0.6 is 0 Å². The van der Waals surface area contributed by atoms with Crippen molar-refractivity contribution in [1.82, 2.24) is 0 Å². The van der Waals surface area contributed by atoms with Crippen LogP contribution in [0.1, 0.15) is 19.3 Å². The molecule has 4 atom stereocenters. The lowest BCUT2D eigenvalue weighted by atomic mass is 9.82. The predicted molar refractivity (Wildman–Crippen MR) is 39.8 cm³/mol. The summed E-state index contributed by atoms with van der Waals surface area (Å²) in [5.74, 6) is -0.816. The summed E-state index contributed by atoms with van der Waals surface area (Å²) in [5.41, 5.74) is 3.15. The van der Waals surface area contributed by atoms with Gasteiger partial charge >= 0.3 is 6.18 Å². The fourth-order valence-corrected chi connectivity index (χ4v) is 2.70. The first-order chi connectivity index (χ1) is 5.84. The molecule has 2 bridgehead atoms. The van der Waals surface area contributed by atoms with Crippen molar-refractivity contribution >= 4 is 0 Å². The maximum atomic E-state index is 12.4. The number of hydrogen-bond donors (Lipinski definition) is 2. The molecule has 3 N–H and O–H groups in total. The zero-order valence-corrected chi connectivity index (χ0v) is 7.01. The molecule has 0 aromatic rings. The summed E-state index contributed by atoms with van der Waals surface area (Å²) in [6, 6.07) is -0.146. The minimum atomic E-state index is -4.49. The van der Waals surface area contributed by atoms with Gasteiger partial charge in [-0.2, -0.15) is 13.2 Å². The molecular formula is C8H12F3NO. The van der Waals surface area contributed by atoms with Gasteiger partial charge in [0.1, 0.15) is 0 Å². The van der Waals surface area contributed by atoms with Gasteiger partial charge < -0.3 is 10.8 Å². The second-order valence-electron chi connectivity index (χ2n) is 4.22. The van der Waals surface area contributed by atoms with Crippen LogP contribution < -0.4 is 5.73 Å². The van der Waals surface area contributed by atoms with Gasteiger partial charge in [0.25, 0.3) is 0 Å². The second-order valence-corrected chi connectivity index (χ2v) is 4.22. The lowest BCUT2D eigenvalue weighted by Gasteiger charge is -2.35. The summed E-state index contributed by atoms with van der Waals surface area (Å²) in [4.78, 5) is 0. The van der Waals surface area contributed by atoms with Crippen molar-refractivity contribution in [2.45, 2.75) is 37.1 Å². The van der Waals surface area contributed by atoms with Gasteiger partial charge in [-0.15, -0.1) is 0 Å². The second kappa shape index (κ2) is 2.39. The molecule has 5 heteroatoms. The normalized spacial score (nSPS) is 50.1. The third kappa shape index (κ3) is 1.10. The Morgan fingerprint density at radius 1 is 1.31 bits per heavy atom. The van der Waals surface area contributed by atoms with Crippen molar-refractivity contribution in [3.8, 4) is 0 Å². The maximum Gasteiger partial charge on any atom is 0.417 e. The number of rotatable bonds is 0. The largest absolute Gasteiger partial charge is 0.417 e. The average Bonchev–Trinajstić information content (AvgIpc) is 2.42. The van der Waals surface area contributed by atoms with E-state index in [2.05, 4.69) is 0 Å². The minimum Gasteiger partial charge on any atom is -0.380 e. The van der Waals surface area contributed by atoms with Gasteiger partial charge in [-0.1, -0.05) is 0 Å². The van der Waals surface area contributed by atoms with Gasteiger partial charge in [-0.05, 0) is 31.1 Å². The third-order valence-electron chi connectivity index (χ3n) is 3.49. The highest BCUT2D eigenvalue weighted by Gasteiger charge is 2.66. The molecule has 2 aliphatic rings. The van der Waals surface area contributed by atoms with E-state index in [1.54, 1.807) is 0 Å². The Labute approximate surface area is 73.9 Å². The first-order valence-electron chi connectivity index (χ1n) is 4.39. The molecule has 2 fully saturated rings. The number of nitrogens with two attached hydrogens (primary N) is 1. The standard InChI is InChI=1S/C8H12F3NO/c9-8(10,11)7(13)3-4-1-5(7)2-6(4)12/h4-6,13H,1-3,12H2. The van der Waals surface area contributed by atoms with Crippen LogP contribution in [0.4, 0.5) is 13.2 Å². The van der Waals surface area contributed by atoms with Crippen LogP contribution in [-0.4, -0.2) is 22.9 Å². The van der Waals surface area contributed by atoms with Crippen molar-refractivity contribution < 1.29 is 18.3 Å². The molecule has 2 saturated carbocycles. The summed E-state index contributed by atoms with van der Waals surface area (Å²) in [7, 11) is 0. The Kier molecular flexibility index (Phi) is 1.70. The topological polar surface area (TPSA) is 46.2 Å². The molecule has 0 aliphatic heterocycles. The molecule has 0 radical (unpaired) electrons. The van der Waals surface area contributed by atoms with E-state index < -0.39 is 17.7 Å². The fourth-order valence-electron chi connectivity index (χ4n) is 2.70. The molecule has 0 heterocycles. The predicted octanol–water partition coefficient (Wildman–Crippen LogP) is 1.04. The van der Waals surface area contributed by atoms with Gasteiger partial charge in [-0.3, -0.25) is 0 Å². The highest BCUT2D eigenvalue weighted by atomic mass is 19.4. The van der Waals surface area contributed by atoms with Crippen LogP contribution in [0.3, 0.4) is 0 Å². The Morgan fingerprint density at radius 3 is 2.23 bits per heavy atom. The zero-order valence-electron chi connectivity index (χ0n) is 7.01. The van der Waals surface area contributed by atoms with E-state index in [-0.39, 0.29) is 18.4 Å². The Bertz CT molecular complexity index is 228. The Morgan fingerprint density at radius 2 is 1.92 bits per heavy atom. The first-order valence-corrected chi connectivity index (χ1v) is 4.39. The van der Waals surface area contributed by atoms with Crippen LogP contribution in [0.2, 0.25) is 0 Å². The molecule has 4 unspecified atom stereocenters. The molecule has 0 saturated heterocycles. The number of halogens is 3. The average molecular weight is 195 g/mol. The molecule has 0 spiro atoms. The number of aliphatic hydroxyl groups is 1. The summed E-state index contributed by atoms with van der Waals surface area (Å²) < 4.78 is 37.3. The molecule has 2 aliphatic carbocycles. The van der Waals surface area contributed by atoms with E-state index in [1.807, 2.05) is 0 Å². The van der Waals surface area contributed by atoms with Gasteiger partial charge in [0, 0.05) is 6.04 Å². The van der Waals surface area contributed by atoms with Crippen LogP contribution in [-0.2, 0) is 0 Å². The monoisotopic (exact) mass is 195 g/mol. The van der Waals surface area contributed by atoms with E-state index in [0.717, 1.165) is 0 Å². The Balaban J connectivity index is 2.22. The SMILES string of the molecule is NC1CC2CC1CC2(O)C(F)(F)F. The lowest BCUT2D eigenvalue weighted by molar-refractivity contribution is -0.277. The van der Waals surface area contributed by atoms with Gasteiger partial charge in [0.15, 0.2) is 5.60 Å². The van der Waals surface area contributed by atoms with Crippen LogP contribution in [0, 0.1) is 11.8 Å².